The van der Waals surface area contributed by atoms with Crippen molar-refractivity contribution in [2.45, 2.75) is 25.7 Å². The summed E-state index contributed by atoms with van der Waals surface area (Å²) >= 11 is 0. The molecule has 3 heteroatoms. The number of likely N-dealkylation sites (tertiary alicyclic amines) is 1. The molecule has 2 aromatic rings. The Morgan fingerprint density at radius 3 is 2.23 bits per heavy atom. The SMILES string of the molecule is C[N+](C=O)(CCCN1CCC(Cc2ccccc2)CC1)c1ccccc1. The van der Waals surface area contributed by atoms with Crippen LogP contribution in [0, 0.1) is 5.92 Å². The molecule has 1 amide bonds. The molecule has 0 radical (unpaired) electrons. The molecular formula is C23H31N2O+. The van der Waals surface area contributed by atoms with Gasteiger partial charge in [0.25, 0.3) is 0 Å². The number of hydrogen-bond acceptors (Lipinski definition) is 2. The van der Waals surface area contributed by atoms with Gasteiger partial charge in [0.05, 0.1) is 13.6 Å². The summed E-state index contributed by atoms with van der Waals surface area (Å²) in [6.07, 6.45) is 5.90. The summed E-state index contributed by atoms with van der Waals surface area (Å²) < 4.78 is 0.366. The molecule has 3 rings (SSSR count). The monoisotopic (exact) mass is 351 g/mol. The van der Waals surface area contributed by atoms with Crippen LogP contribution in [-0.4, -0.2) is 44.5 Å². The average molecular weight is 352 g/mol. The van der Waals surface area contributed by atoms with Gasteiger partial charge in [-0.3, -0.25) is 0 Å². The van der Waals surface area contributed by atoms with Crippen LogP contribution in [0.15, 0.2) is 60.7 Å². The van der Waals surface area contributed by atoms with Crippen LogP contribution in [0.1, 0.15) is 24.8 Å². The highest BCUT2D eigenvalue weighted by atomic mass is 16.1. The summed E-state index contributed by atoms with van der Waals surface area (Å²) in [5, 5.41) is 0. The Hall–Kier alpha value is -1.97. The Bertz CT molecular complexity index is 665. The molecule has 0 spiro atoms. The van der Waals surface area contributed by atoms with Gasteiger partial charge < -0.3 is 4.90 Å². The highest BCUT2D eigenvalue weighted by Crippen LogP contribution is 2.23. The van der Waals surface area contributed by atoms with Gasteiger partial charge in [-0.25, -0.2) is 9.28 Å². The lowest BCUT2D eigenvalue weighted by molar-refractivity contribution is -0.116. The number of quaternary nitrogens is 1. The van der Waals surface area contributed by atoms with Crippen molar-refractivity contribution in [1.29, 1.82) is 0 Å². The van der Waals surface area contributed by atoms with Crippen LogP contribution in [0.4, 0.5) is 5.69 Å². The molecule has 3 nitrogen and oxygen atoms in total. The molecule has 0 saturated carbocycles. The molecular weight excluding hydrogens is 320 g/mol. The first-order valence-corrected chi connectivity index (χ1v) is 9.83. The van der Waals surface area contributed by atoms with Crippen molar-refractivity contribution in [3.05, 3.63) is 66.2 Å². The Morgan fingerprint density at radius 2 is 1.62 bits per heavy atom. The van der Waals surface area contributed by atoms with Crippen molar-refractivity contribution in [2.75, 3.05) is 33.2 Å². The smallest absolute Gasteiger partial charge is 0.303 e. The van der Waals surface area contributed by atoms with Crippen LogP contribution in [0.25, 0.3) is 0 Å². The minimum atomic E-state index is 0.366. The zero-order chi connectivity index (χ0) is 18.2. The largest absolute Gasteiger partial charge is 0.306 e. The predicted molar refractivity (Wildman–Crippen MR) is 109 cm³/mol. The summed E-state index contributed by atoms with van der Waals surface area (Å²) in [6, 6.07) is 21.0. The molecule has 1 saturated heterocycles. The Balaban J connectivity index is 1.41. The number of hydrogen-bond donors (Lipinski definition) is 0. The third-order valence-corrected chi connectivity index (χ3v) is 5.75. The second-order valence-electron chi connectivity index (χ2n) is 7.76. The lowest BCUT2D eigenvalue weighted by atomic mass is 9.90. The fourth-order valence-corrected chi connectivity index (χ4v) is 4.00. The van der Waals surface area contributed by atoms with E-state index in [2.05, 4.69) is 35.2 Å². The Labute approximate surface area is 157 Å². The number of para-hydroxylation sites is 1. The lowest BCUT2D eigenvalue weighted by Gasteiger charge is -2.33. The minimum Gasteiger partial charge on any atom is -0.303 e. The fraction of sp³-hybridized carbons (Fsp3) is 0.435. The molecule has 2 aromatic carbocycles. The molecule has 1 unspecified atom stereocenters. The van der Waals surface area contributed by atoms with E-state index in [-0.39, 0.29) is 0 Å². The van der Waals surface area contributed by atoms with Crippen LogP contribution >= 0.6 is 0 Å². The zero-order valence-electron chi connectivity index (χ0n) is 15.9. The molecule has 1 fully saturated rings. The maximum atomic E-state index is 11.7. The van der Waals surface area contributed by atoms with Gasteiger partial charge in [-0.2, -0.15) is 0 Å². The van der Waals surface area contributed by atoms with E-state index in [0.717, 1.165) is 37.5 Å². The molecule has 1 heterocycles. The maximum Gasteiger partial charge on any atom is 0.306 e. The van der Waals surface area contributed by atoms with Gasteiger partial charge in [0.2, 0.25) is 0 Å². The number of carbonyl (C=O) groups is 1. The van der Waals surface area contributed by atoms with Crippen LogP contribution in [0.3, 0.4) is 0 Å². The summed E-state index contributed by atoms with van der Waals surface area (Å²) in [5.74, 6) is 0.814. The fourth-order valence-electron chi connectivity index (χ4n) is 4.00. The van der Waals surface area contributed by atoms with Gasteiger partial charge >= 0.3 is 6.41 Å². The van der Waals surface area contributed by atoms with Gasteiger partial charge in [-0.1, -0.05) is 48.5 Å². The summed E-state index contributed by atoms with van der Waals surface area (Å²) in [6.45, 7) is 4.32. The van der Waals surface area contributed by atoms with Gasteiger partial charge in [0.1, 0.15) is 5.69 Å². The van der Waals surface area contributed by atoms with Crippen LogP contribution in [0.2, 0.25) is 0 Å². The molecule has 138 valence electrons. The number of nitrogens with zero attached hydrogens (tertiary/aromatic N) is 2. The molecule has 1 atom stereocenters. The third-order valence-electron chi connectivity index (χ3n) is 5.75. The van der Waals surface area contributed by atoms with E-state index in [1.807, 2.05) is 37.4 Å². The van der Waals surface area contributed by atoms with Crippen LogP contribution in [0.5, 0.6) is 0 Å². The van der Waals surface area contributed by atoms with Crippen molar-refractivity contribution in [1.82, 2.24) is 9.38 Å². The van der Waals surface area contributed by atoms with E-state index in [4.69, 9.17) is 0 Å². The number of benzene rings is 2. The predicted octanol–water partition coefficient (Wildman–Crippen LogP) is 4.12. The first-order chi connectivity index (χ1) is 12.7. The van der Waals surface area contributed by atoms with E-state index in [9.17, 15) is 4.79 Å². The average Bonchev–Trinajstić information content (AvgIpc) is 2.70. The minimum absolute atomic E-state index is 0.366. The van der Waals surface area contributed by atoms with Gasteiger partial charge in [0, 0.05) is 13.0 Å². The number of piperidine rings is 1. The third kappa shape index (κ3) is 5.03. The molecule has 26 heavy (non-hydrogen) atoms. The van der Waals surface area contributed by atoms with Crippen molar-refractivity contribution in [3.63, 3.8) is 0 Å². The number of amides is 1. The molecule has 1 aliphatic rings. The van der Waals surface area contributed by atoms with E-state index < -0.39 is 0 Å². The number of carbonyl (C=O) groups excluding carboxylic acids is 1. The Kier molecular flexibility index (Phi) is 6.59. The molecule has 0 aromatic heterocycles. The summed E-state index contributed by atoms with van der Waals surface area (Å²) in [4.78, 5) is 14.3. The standard InChI is InChI=1S/C23H31N2O/c1-25(20-26,23-11-6-3-7-12-23)18-8-15-24-16-13-22(14-17-24)19-21-9-4-2-5-10-21/h2-7,9-12,20,22H,8,13-19H2,1H3/q+1. The van der Waals surface area contributed by atoms with E-state index in [0.29, 0.717) is 4.48 Å². The molecule has 1 aliphatic heterocycles. The number of rotatable bonds is 8. The highest BCUT2D eigenvalue weighted by molar-refractivity contribution is 5.68. The summed E-state index contributed by atoms with van der Waals surface area (Å²) in [7, 11) is 2.01. The lowest BCUT2D eigenvalue weighted by Crippen LogP contribution is -2.46. The van der Waals surface area contributed by atoms with Gasteiger partial charge in [-0.05, 0) is 56.0 Å². The Morgan fingerprint density at radius 1 is 1.00 bits per heavy atom. The van der Waals surface area contributed by atoms with Crippen molar-refractivity contribution >= 4 is 12.1 Å². The molecule has 0 bridgehead atoms. The second-order valence-corrected chi connectivity index (χ2v) is 7.76. The van der Waals surface area contributed by atoms with Crippen LogP contribution in [-0.2, 0) is 11.2 Å². The van der Waals surface area contributed by atoms with Crippen molar-refractivity contribution < 1.29 is 4.79 Å². The van der Waals surface area contributed by atoms with Crippen molar-refractivity contribution in [2.24, 2.45) is 5.92 Å². The van der Waals surface area contributed by atoms with Gasteiger partial charge in [0.15, 0.2) is 0 Å². The summed E-state index contributed by atoms with van der Waals surface area (Å²) in [5.41, 5.74) is 2.54. The van der Waals surface area contributed by atoms with E-state index in [1.165, 1.54) is 37.9 Å². The van der Waals surface area contributed by atoms with E-state index >= 15 is 0 Å². The zero-order valence-corrected chi connectivity index (χ0v) is 15.9. The van der Waals surface area contributed by atoms with E-state index in [1.54, 1.807) is 0 Å². The topological polar surface area (TPSA) is 20.3 Å². The first kappa shape index (κ1) is 18.8. The van der Waals surface area contributed by atoms with Crippen molar-refractivity contribution in [3.8, 4) is 0 Å². The maximum absolute atomic E-state index is 11.7. The van der Waals surface area contributed by atoms with Crippen LogP contribution < -0.4 is 4.48 Å². The van der Waals surface area contributed by atoms with Gasteiger partial charge in [-0.15, -0.1) is 0 Å². The normalized spacial score (nSPS) is 18.3. The quantitative estimate of drug-likeness (QED) is 0.527. The molecule has 0 aliphatic carbocycles. The molecule has 0 N–H and O–H groups in total. The second kappa shape index (κ2) is 9.11. The highest BCUT2D eigenvalue weighted by Gasteiger charge is 2.25. The first-order valence-electron chi connectivity index (χ1n) is 9.83.